The summed E-state index contributed by atoms with van der Waals surface area (Å²) in [6, 6.07) is 8.86. The van der Waals surface area contributed by atoms with Gasteiger partial charge in [-0.1, -0.05) is 12.1 Å². The maximum atomic E-state index is 12.8. The fraction of sp³-hybridized carbons (Fsp3) is 0.381. The molecule has 30 heavy (non-hydrogen) atoms. The summed E-state index contributed by atoms with van der Waals surface area (Å²) < 4.78 is 25.5. The van der Waals surface area contributed by atoms with Gasteiger partial charge in [0.05, 0.1) is 12.1 Å². The molecule has 1 N–H and O–H groups in total. The molecule has 0 atom stereocenters. The van der Waals surface area contributed by atoms with Crippen molar-refractivity contribution in [2.75, 3.05) is 38.0 Å². The zero-order valence-corrected chi connectivity index (χ0v) is 17.7. The van der Waals surface area contributed by atoms with Crippen LogP contribution in [0.5, 0.6) is 0 Å². The maximum absolute atomic E-state index is 12.8. The predicted octanol–water partition coefficient (Wildman–Crippen LogP) is 3.41. The highest BCUT2D eigenvalue weighted by atomic mass is 32.2. The standard InChI is InChI=1S/C21H24F2N4O2S/c1-14-5-3-7-17(15(14)2)25-18(28)13-26-9-11-27(12-10-26)20(29)16-6-4-8-24-19(16)30-21(22)23/h3-8,21H,9-13H2,1-2H3,(H,25,28). The first-order valence-corrected chi connectivity index (χ1v) is 10.5. The Balaban J connectivity index is 1.54. The highest BCUT2D eigenvalue weighted by Crippen LogP contribution is 2.27. The van der Waals surface area contributed by atoms with Gasteiger partial charge in [0.2, 0.25) is 5.91 Å². The number of hydrogen-bond acceptors (Lipinski definition) is 5. The Morgan fingerprint density at radius 1 is 1.13 bits per heavy atom. The van der Waals surface area contributed by atoms with Gasteiger partial charge in [-0.05, 0) is 54.9 Å². The van der Waals surface area contributed by atoms with E-state index < -0.39 is 5.76 Å². The van der Waals surface area contributed by atoms with Crippen molar-refractivity contribution in [1.29, 1.82) is 0 Å². The summed E-state index contributed by atoms with van der Waals surface area (Å²) in [7, 11) is 0. The molecule has 1 aromatic carbocycles. The van der Waals surface area contributed by atoms with Gasteiger partial charge in [-0.2, -0.15) is 8.78 Å². The smallest absolute Gasteiger partial charge is 0.290 e. The molecule has 1 saturated heterocycles. The Hall–Kier alpha value is -2.52. The third kappa shape index (κ3) is 5.54. The number of anilines is 1. The second kappa shape index (κ2) is 9.99. The number of halogens is 2. The molecule has 0 aliphatic carbocycles. The zero-order chi connectivity index (χ0) is 21.7. The lowest BCUT2D eigenvalue weighted by molar-refractivity contribution is -0.117. The van der Waals surface area contributed by atoms with Crippen LogP contribution in [0.15, 0.2) is 41.6 Å². The summed E-state index contributed by atoms with van der Waals surface area (Å²) in [6.07, 6.45) is 1.40. The summed E-state index contributed by atoms with van der Waals surface area (Å²) in [6.45, 7) is 6.09. The summed E-state index contributed by atoms with van der Waals surface area (Å²) >= 11 is 0.274. The van der Waals surface area contributed by atoms with Gasteiger partial charge in [0.15, 0.2) is 0 Å². The van der Waals surface area contributed by atoms with Gasteiger partial charge in [0, 0.05) is 38.1 Å². The second-order valence-electron chi connectivity index (χ2n) is 7.10. The maximum Gasteiger partial charge on any atom is 0.290 e. The number of aryl methyl sites for hydroxylation is 1. The van der Waals surface area contributed by atoms with Crippen molar-refractivity contribution in [3.05, 3.63) is 53.2 Å². The number of nitrogens with zero attached hydrogens (tertiary/aromatic N) is 3. The van der Waals surface area contributed by atoms with Crippen molar-refractivity contribution >= 4 is 29.3 Å². The van der Waals surface area contributed by atoms with Gasteiger partial charge in [-0.3, -0.25) is 14.5 Å². The Morgan fingerprint density at radius 2 is 1.87 bits per heavy atom. The number of amides is 2. The minimum Gasteiger partial charge on any atom is -0.336 e. The monoisotopic (exact) mass is 434 g/mol. The topological polar surface area (TPSA) is 65.5 Å². The van der Waals surface area contributed by atoms with Gasteiger partial charge in [0.25, 0.3) is 11.7 Å². The molecule has 1 aliphatic heterocycles. The van der Waals surface area contributed by atoms with Crippen LogP contribution in [0.3, 0.4) is 0 Å². The van der Waals surface area contributed by atoms with E-state index >= 15 is 0 Å². The molecule has 1 aliphatic rings. The van der Waals surface area contributed by atoms with Crippen molar-refractivity contribution in [3.63, 3.8) is 0 Å². The van der Waals surface area contributed by atoms with Crippen LogP contribution in [-0.2, 0) is 4.79 Å². The fourth-order valence-electron chi connectivity index (χ4n) is 3.29. The second-order valence-corrected chi connectivity index (χ2v) is 8.08. The third-order valence-electron chi connectivity index (χ3n) is 5.11. The van der Waals surface area contributed by atoms with Crippen LogP contribution in [0.1, 0.15) is 21.5 Å². The van der Waals surface area contributed by atoms with Crippen molar-refractivity contribution in [2.24, 2.45) is 0 Å². The van der Waals surface area contributed by atoms with E-state index in [0.717, 1.165) is 16.8 Å². The largest absolute Gasteiger partial charge is 0.336 e. The Bertz CT molecular complexity index is 918. The molecule has 0 saturated carbocycles. The number of rotatable bonds is 6. The molecule has 160 valence electrons. The predicted molar refractivity (Wildman–Crippen MR) is 113 cm³/mol. The molecule has 3 rings (SSSR count). The SMILES string of the molecule is Cc1cccc(NC(=O)CN2CCN(C(=O)c3cccnc3SC(F)F)CC2)c1C. The number of carbonyl (C=O) groups excluding carboxylic acids is 2. The van der Waals surface area contributed by atoms with E-state index in [-0.39, 0.29) is 40.7 Å². The van der Waals surface area contributed by atoms with Gasteiger partial charge in [-0.15, -0.1) is 0 Å². The van der Waals surface area contributed by atoms with Crippen molar-refractivity contribution in [3.8, 4) is 0 Å². The number of nitrogens with one attached hydrogen (secondary N) is 1. The van der Waals surface area contributed by atoms with E-state index in [1.165, 1.54) is 12.3 Å². The van der Waals surface area contributed by atoms with E-state index in [1.54, 1.807) is 11.0 Å². The van der Waals surface area contributed by atoms with Crippen molar-refractivity contribution < 1.29 is 18.4 Å². The highest BCUT2D eigenvalue weighted by Gasteiger charge is 2.26. The van der Waals surface area contributed by atoms with E-state index in [0.29, 0.717) is 26.2 Å². The molecular formula is C21H24F2N4O2S. The molecule has 2 aromatic rings. The molecule has 0 unspecified atom stereocenters. The summed E-state index contributed by atoms with van der Waals surface area (Å²) in [4.78, 5) is 32.7. The number of aromatic nitrogens is 1. The van der Waals surface area contributed by atoms with Crippen LogP contribution < -0.4 is 5.32 Å². The summed E-state index contributed by atoms with van der Waals surface area (Å²) in [5.74, 6) is -3.06. The van der Waals surface area contributed by atoms with Gasteiger partial charge >= 0.3 is 0 Å². The lowest BCUT2D eigenvalue weighted by Crippen LogP contribution is -2.50. The van der Waals surface area contributed by atoms with Crippen molar-refractivity contribution in [2.45, 2.75) is 24.6 Å². The lowest BCUT2D eigenvalue weighted by Gasteiger charge is -2.34. The number of hydrogen-bond donors (Lipinski definition) is 1. The molecule has 1 aromatic heterocycles. The normalized spacial score (nSPS) is 14.8. The number of piperazine rings is 1. The van der Waals surface area contributed by atoms with Crippen LogP contribution in [0.25, 0.3) is 0 Å². The van der Waals surface area contributed by atoms with E-state index in [4.69, 9.17) is 0 Å². The van der Waals surface area contributed by atoms with E-state index in [1.807, 2.05) is 36.9 Å². The molecule has 9 heteroatoms. The molecular weight excluding hydrogens is 410 g/mol. The number of alkyl halides is 2. The Kier molecular flexibility index (Phi) is 7.38. The minimum atomic E-state index is -2.64. The zero-order valence-electron chi connectivity index (χ0n) is 16.9. The fourth-order valence-corrected chi connectivity index (χ4v) is 3.86. The minimum absolute atomic E-state index is 0.0350. The van der Waals surface area contributed by atoms with Gasteiger partial charge < -0.3 is 10.2 Å². The van der Waals surface area contributed by atoms with Crippen LogP contribution in [0.4, 0.5) is 14.5 Å². The number of thioether (sulfide) groups is 1. The number of carbonyl (C=O) groups is 2. The first-order valence-electron chi connectivity index (χ1n) is 9.62. The Morgan fingerprint density at radius 3 is 2.57 bits per heavy atom. The van der Waals surface area contributed by atoms with Crippen LogP contribution in [0.2, 0.25) is 0 Å². The van der Waals surface area contributed by atoms with E-state index in [9.17, 15) is 18.4 Å². The molecule has 1 fully saturated rings. The number of pyridine rings is 1. The lowest BCUT2D eigenvalue weighted by atomic mass is 10.1. The molecule has 2 heterocycles. The van der Waals surface area contributed by atoms with Crippen LogP contribution >= 0.6 is 11.8 Å². The van der Waals surface area contributed by atoms with Crippen LogP contribution in [0, 0.1) is 13.8 Å². The summed E-state index contributed by atoms with van der Waals surface area (Å²) in [5.41, 5.74) is 3.13. The first kappa shape index (κ1) is 22.2. The van der Waals surface area contributed by atoms with E-state index in [2.05, 4.69) is 10.3 Å². The molecule has 2 amide bonds. The average Bonchev–Trinajstić information content (AvgIpc) is 2.71. The molecule has 0 bridgehead atoms. The first-order chi connectivity index (χ1) is 14.3. The van der Waals surface area contributed by atoms with Crippen molar-refractivity contribution in [1.82, 2.24) is 14.8 Å². The Labute approximate surface area is 178 Å². The molecule has 0 radical (unpaired) electrons. The third-order valence-corrected chi connectivity index (χ3v) is 5.83. The summed E-state index contributed by atoms with van der Waals surface area (Å²) in [5, 5.41) is 2.98. The quantitative estimate of drug-likeness (QED) is 0.706. The average molecular weight is 435 g/mol. The number of benzene rings is 1. The van der Waals surface area contributed by atoms with Gasteiger partial charge in [-0.25, -0.2) is 4.98 Å². The highest BCUT2D eigenvalue weighted by molar-refractivity contribution is 7.99. The van der Waals surface area contributed by atoms with Crippen LogP contribution in [-0.4, -0.2) is 65.1 Å². The van der Waals surface area contributed by atoms with Gasteiger partial charge in [0.1, 0.15) is 5.03 Å². The molecule has 6 nitrogen and oxygen atoms in total. The molecule has 0 spiro atoms.